The van der Waals surface area contributed by atoms with E-state index in [2.05, 4.69) is 10.3 Å². The van der Waals surface area contributed by atoms with Gasteiger partial charge in [-0.05, 0) is 12.1 Å². The van der Waals surface area contributed by atoms with Crippen LogP contribution in [0.15, 0.2) is 29.1 Å². The van der Waals surface area contributed by atoms with Crippen LogP contribution in [0.5, 0.6) is 5.75 Å². The lowest BCUT2D eigenvalue weighted by Gasteiger charge is -2.15. The van der Waals surface area contributed by atoms with Crippen molar-refractivity contribution in [3.8, 4) is 5.75 Å². The highest BCUT2D eigenvalue weighted by molar-refractivity contribution is 7.98. The van der Waals surface area contributed by atoms with Gasteiger partial charge in [0, 0.05) is 22.8 Å². The fourth-order valence-corrected chi connectivity index (χ4v) is 5.20. The number of thiazole rings is 1. The van der Waals surface area contributed by atoms with Gasteiger partial charge in [0.1, 0.15) is 22.9 Å². The van der Waals surface area contributed by atoms with Gasteiger partial charge in [0.05, 0.1) is 16.8 Å². The lowest BCUT2D eigenvalue weighted by Crippen LogP contribution is -2.37. The molecule has 144 valence electrons. The number of aromatic nitrogens is 2. The molecule has 0 spiro atoms. The molecule has 1 aliphatic rings. The molecular formula is C18H15N3O5S2. The van der Waals surface area contributed by atoms with Gasteiger partial charge in [-0.15, -0.1) is 11.3 Å². The van der Waals surface area contributed by atoms with Gasteiger partial charge in [0.25, 0.3) is 11.5 Å². The molecule has 0 saturated carbocycles. The van der Waals surface area contributed by atoms with Crippen LogP contribution in [0.3, 0.4) is 0 Å². The Labute approximate surface area is 166 Å². The topological polar surface area (TPSA) is 122 Å². The highest BCUT2D eigenvalue weighted by atomic mass is 32.2. The number of carboxylic acids is 1. The SMILES string of the molecule is O=C(O)CNC(=O)c1c(O)c2c(n(Cc3nc4ccccc4s3)c1=O)CSC2. The van der Waals surface area contributed by atoms with E-state index in [1.165, 1.54) is 27.7 Å². The molecule has 8 nitrogen and oxygen atoms in total. The molecule has 3 heterocycles. The monoisotopic (exact) mass is 417 g/mol. The van der Waals surface area contributed by atoms with E-state index in [-0.39, 0.29) is 12.3 Å². The smallest absolute Gasteiger partial charge is 0.322 e. The summed E-state index contributed by atoms with van der Waals surface area (Å²) in [6, 6.07) is 7.63. The Bertz CT molecular complexity index is 1130. The lowest BCUT2D eigenvalue weighted by molar-refractivity contribution is -0.135. The standard InChI is InChI=1S/C18H15N3O5S2/c22-14(23)5-19-17(25)15-16(24)9-7-27-8-11(9)21(18(15)26)6-13-20-10-3-1-2-4-12(10)28-13/h1-4,24H,5-8H2,(H,19,25)(H,22,23). The number of nitrogens with zero attached hydrogens (tertiary/aromatic N) is 2. The van der Waals surface area contributed by atoms with Crippen molar-refractivity contribution in [1.82, 2.24) is 14.9 Å². The molecule has 10 heteroatoms. The Morgan fingerprint density at radius 2 is 2.04 bits per heavy atom. The zero-order chi connectivity index (χ0) is 19.8. The summed E-state index contributed by atoms with van der Waals surface area (Å²) in [6.07, 6.45) is 0. The van der Waals surface area contributed by atoms with Gasteiger partial charge >= 0.3 is 5.97 Å². The molecule has 1 aliphatic heterocycles. The molecule has 0 unspecified atom stereocenters. The molecular weight excluding hydrogens is 402 g/mol. The van der Waals surface area contributed by atoms with Gasteiger partial charge < -0.3 is 20.1 Å². The van der Waals surface area contributed by atoms with Crippen LogP contribution in [-0.4, -0.2) is 38.2 Å². The first-order chi connectivity index (χ1) is 13.5. The maximum absolute atomic E-state index is 13.0. The van der Waals surface area contributed by atoms with Gasteiger partial charge in [-0.3, -0.25) is 14.4 Å². The Kier molecular flexibility index (Phi) is 4.82. The van der Waals surface area contributed by atoms with Crippen molar-refractivity contribution in [3.05, 3.63) is 56.4 Å². The van der Waals surface area contributed by atoms with E-state index in [1.807, 2.05) is 24.3 Å². The number of hydrogen-bond acceptors (Lipinski definition) is 7. The molecule has 0 saturated heterocycles. The number of nitrogens with one attached hydrogen (secondary N) is 1. The van der Waals surface area contributed by atoms with Crippen LogP contribution in [0.2, 0.25) is 0 Å². The Hall–Kier alpha value is -2.85. The summed E-state index contributed by atoms with van der Waals surface area (Å²) in [7, 11) is 0. The van der Waals surface area contributed by atoms with E-state index < -0.39 is 29.5 Å². The average molecular weight is 417 g/mol. The molecule has 1 amide bonds. The van der Waals surface area contributed by atoms with Gasteiger partial charge in [-0.2, -0.15) is 11.8 Å². The van der Waals surface area contributed by atoms with E-state index in [1.54, 1.807) is 0 Å². The minimum atomic E-state index is -1.24. The number of thioether (sulfide) groups is 1. The number of pyridine rings is 1. The zero-order valence-corrected chi connectivity index (χ0v) is 16.1. The van der Waals surface area contributed by atoms with E-state index in [0.717, 1.165) is 10.2 Å². The fourth-order valence-electron chi connectivity index (χ4n) is 3.11. The van der Waals surface area contributed by atoms with Crippen LogP contribution in [0.4, 0.5) is 0 Å². The Balaban J connectivity index is 1.79. The first kappa shape index (κ1) is 18.5. The molecule has 1 aromatic carbocycles. The van der Waals surface area contributed by atoms with E-state index in [4.69, 9.17) is 5.11 Å². The van der Waals surface area contributed by atoms with Crippen LogP contribution >= 0.6 is 23.1 Å². The number of aliphatic carboxylic acids is 1. The first-order valence-corrected chi connectivity index (χ1v) is 10.3. The number of rotatable bonds is 5. The minimum Gasteiger partial charge on any atom is -0.507 e. The predicted molar refractivity (Wildman–Crippen MR) is 106 cm³/mol. The average Bonchev–Trinajstić information content (AvgIpc) is 3.30. The second kappa shape index (κ2) is 7.28. The summed E-state index contributed by atoms with van der Waals surface area (Å²) < 4.78 is 2.46. The summed E-state index contributed by atoms with van der Waals surface area (Å²) in [6.45, 7) is -0.456. The number of para-hydroxylation sites is 1. The van der Waals surface area contributed by atoms with Gasteiger partial charge in [-0.1, -0.05) is 12.1 Å². The number of fused-ring (bicyclic) bond motifs is 2. The zero-order valence-electron chi connectivity index (χ0n) is 14.5. The number of carbonyl (C=O) groups is 2. The molecule has 4 rings (SSSR count). The fraction of sp³-hybridized carbons (Fsp3) is 0.222. The van der Waals surface area contributed by atoms with Crippen LogP contribution in [0.25, 0.3) is 10.2 Å². The van der Waals surface area contributed by atoms with Gasteiger partial charge in [0.2, 0.25) is 0 Å². The van der Waals surface area contributed by atoms with Crippen molar-refractivity contribution in [1.29, 1.82) is 0 Å². The predicted octanol–water partition coefficient (Wildman–Crippen LogP) is 1.77. The first-order valence-electron chi connectivity index (χ1n) is 8.35. The summed E-state index contributed by atoms with van der Waals surface area (Å²) in [5.41, 5.74) is 0.956. The number of carbonyl (C=O) groups excluding carboxylic acids is 1. The number of amides is 1. The largest absolute Gasteiger partial charge is 0.507 e. The molecule has 2 aromatic heterocycles. The minimum absolute atomic E-state index is 0.181. The van der Waals surface area contributed by atoms with Gasteiger partial charge in [0.15, 0.2) is 0 Å². The highest BCUT2D eigenvalue weighted by Crippen LogP contribution is 2.36. The summed E-state index contributed by atoms with van der Waals surface area (Å²) in [5.74, 6) is -1.49. The van der Waals surface area contributed by atoms with Crippen molar-refractivity contribution >= 4 is 45.2 Å². The Morgan fingerprint density at radius 3 is 2.79 bits per heavy atom. The van der Waals surface area contributed by atoms with Crippen LogP contribution in [0, 0.1) is 0 Å². The molecule has 0 bridgehead atoms. The number of hydrogen-bond donors (Lipinski definition) is 3. The summed E-state index contributed by atoms with van der Waals surface area (Å²) in [4.78, 5) is 40.6. The van der Waals surface area contributed by atoms with Crippen molar-refractivity contribution in [2.75, 3.05) is 6.54 Å². The van der Waals surface area contributed by atoms with Crippen molar-refractivity contribution < 1.29 is 19.8 Å². The van der Waals surface area contributed by atoms with Crippen LogP contribution in [0.1, 0.15) is 26.6 Å². The Morgan fingerprint density at radius 1 is 1.25 bits per heavy atom. The molecule has 0 atom stereocenters. The van der Waals surface area contributed by atoms with Crippen LogP contribution in [-0.2, 0) is 22.8 Å². The summed E-state index contributed by atoms with van der Waals surface area (Å²) >= 11 is 2.99. The molecule has 0 fully saturated rings. The van der Waals surface area contributed by atoms with Crippen molar-refractivity contribution in [2.24, 2.45) is 0 Å². The highest BCUT2D eigenvalue weighted by Gasteiger charge is 2.29. The van der Waals surface area contributed by atoms with E-state index in [9.17, 15) is 19.5 Å². The lowest BCUT2D eigenvalue weighted by atomic mass is 10.1. The quantitative estimate of drug-likeness (QED) is 0.578. The van der Waals surface area contributed by atoms with Gasteiger partial charge in [-0.25, -0.2) is 4.98 Å². The third kappa shape index (κ3) is 3.25. The summed E-state index contributed by atoms with van der Waals surface area (Å²) in [5, 5.41) is 22.1. The molecule has 28 heavy (non-hydrogen) atoms. The van der Waals surface area contributed by atoms with E-state index in [0.29, 0.717) is 27.8 Å². The molecule has 0 radical (unpaired) electrons. The number of carboxylic acid groups (broad SMARTS) is 1. The number of aromatic hydroxyl groups is 1. The molecule has 0 aliphatic carbocycles. The third-order valence-corrected chi connectivity index (χ3v) is 6.39. The molecule has 3 N–H and O–H groups in total. The maximum Gasteiger partial charge on any atom is 0.322 e. The maximum atomic E-state index is 13.0. The second-order valence-electron chi connectivity index (χ2n) is 6.18. The van der Waals surface area contributed by atoms with Crippen LogP contribution < -0.4 is 10.9 Å². The number of benzene rings is 1. The third-order valence-electron chi connectivity index (χ3n) is 4.40. The normalized spacial score (nSPS) is 12.9. The van der Waals surface area contributed by atoms with Crippen molar-refractivity contribution in [2.45, 2.75) is 18.1 Å². The molecule has 3 aromatic rings. The van der Waals surface area contributed by atoms with Crippen molar-refractivity contribution in [3.63, 3.8) is 0 Å². The second-order valence-corrected chi connectivity index (χ2v) is 8.29. The van der Waals surface area contributed by atoms with E-state index >= 15 is 0 Å².